The highest BCUT2D eigenvalue weighted by Gasteiger charge is 2.07. The molecular formula is C15H14FNO2. The van der Waals surface area contributed by atoms with Gasteiger partial charge in [0, 0.05) is 6.54 Å². The molecule has 0 radical (unpaired) electrons. The molecule has 0 aliphatic heterocycles. The van der Waals surface area contributed by atoms with E-state index in [0.29, 0.717) is 12.2 Å². The van der Waals surface area contributed by atoms with E-state index >= 15 is 0 Å². The van der Waals surface area contributed by atoms with Crippen molar-refractivity contribution in [1.82, 2.24) is 0 Å². The first-order valence-electron chi connectivity index (χ1n) is 5.88. The SMILES string of the molecule is Cc1ccc(CNc2ccc(C(=O)O)cc2F)cc1. The third kappa shape index (κ3) is 3.31. The summed E-state index contributed by atoms with van der Waals surface area (Å²) in [6.45, 7) is 2.49. The molecule has 0 atom stereocenters. The average molecular weight is 259 g/mol. The molecular weight excluding hydrogens is 245 g/mol. The summed E-state index contributed by atoms with van der Waals surface area (Å²) >= 11 is 0. The number of rotatable bonds is 4. The lowest BCUT2D eigenvalue weighted by Crippen LogP contribution is -2.03. The molecule has 0 bridgehead atoms. The first-order chi connectivity index (χ1) is 9.06. The van der Waals surface area contributed by atoms with Crippen molar-refractivity contribution in [2.45, 2.75) is 13.5 Å². The zero-order valence-electron chi connectivity index (χ0n) is 10.5. The smallest absolute Gasteiger partial charge is 0.335 e. The summed E-state index contributed by atoms with van der Waals surface area (Å²) in [6.07, 6.45) is 0. The van der Waals surface area contributed by atoms with Crippen molar-refractivity contribution in [2.75, 3.05) is 5.32 Å². The van der Waals surface area contributed by atoms with Gasteiger partial charge in [0.1, 0.15) is 5.82 Å². The predicted molar refractivity (Wildman–Crippen MR) is 71.9 cm³/mol. The second kappa shape index (κ2) is 5.52. The third-order valence-electron chi connectivity index (χ3n) is 2.82. The number of aryl methyl sites for hydroxylation is 1. The average Bonchev–Trinajstić information content (AvgIpc) is 2.39. The van der Waals surface area contributed by atoms with E-state index in [9.17, 15) is 9.18 Å². The van der Waals surface area contributed by atoms with Crippen molar-refractivity contribution in [3.8, 4) is 0 Å². The van der Waals surface area contributed by atoms with Gasteiger partial charge >= 0.3 is 5.97 Å². The van der Waals surface area contributed by atoms with E-state index in [0.717, 1.165) is 11.6 Å². The summed E-state index contributed by atoms with van der Waals surface area (Å²) in [5.74, 6) is -1.70. The van der Waals surface area contributed by atoms with Gasteiger partial charge < -0.3 is 10.4 Å². The molecule has 2 N–H and O–H groups in total. The van der Waals surface area contributed by atoms with Crippen LogP contribution in [0.15, 0.2) is 42.5 Å². The molecule has 3 nitrogen and oxygen atoms in total. The van der Waals surface area contributed by atoms with E-state index in [-0.39, 0.29) is 5.56 Å². The number of hydrogen-bond donors (Lipinski definition) is 2. The molecule has 0 saturated heterocycles. The van der Waals surface area contributed by atoms with Gasteiger partial charge in [-0.25, -0.2) is 9.18 Å². The molecule has 2 aromatic carbocycles. The van der Waals surface area contributed by atoms with Crippen molar-refractivity contribution in [1.29, 1.82) is 0 Å². The first-order valence-corrected chi connectivity index (χ1v) is 5.88. The second-order valence-corrected chi connectivity index (χ2v) is 4.34. The number of benzene rings is 2. The summed E-state index contributed by atoms with van der Waals surface area (Å²) in [5.41, 5.74) is 2.44. The van der Waals surface area contributed by atoms with Gasteiger partial charge in [0.05, 0.1) is 11.3 Å². The summed E-state index contributed by atoms with van der Waals surface area (Å²) in [7, 11) is 0. The zero-order valence-corrected chi connectivity index (χ0v) is 10.5. The number of carboxylic acid groups (broad SMARTS) is 1. The van der Waals surface area contributed by atoms with Crippen LogP contribution in [-0.4, -0.2) is 11.1 Å². The Morgan fingerprint density at radius 3 is 2.47 bits per heavy atom. The minimum absolute atomic E-state index is 0.0571. The lowest BCUT2D eigenvalue weighted by atomic mass is 10.1. The largest absolute Gasteiger partial charge is 0.478 e. The zero-order chi connectivity index (χ0) is 13.8. The topological polar surface area (TPSA) is 49.3 Å². The van der Waals surface area contributed by atoms with Crippen LogP contribution in [0.25, 0.3) is 0 Å². The number of aromatic carboxylic acids is 1. The molecule has 0 aliphatic rings. The van der Waals surface area contributed by atoms with Gasteiger partial charge in [-0.05, 0) is 30.7 Å². The Morgan fingerprint density at radius 1 is 1.21 bits per heavy atom. The fourth-order valence-electron chi connectivity index (χ4n) is 1.69. The maximum atomic E-state index is 13.7. The van der Waals surface area contributed by atoms with Gasteiger partial charge in [-0.15, -0.1) is 0 Å². The summed E-state index contributed by atoms with van der Waals surface area (Å²) in [5, 5.41) is 11.7. The molecule has 0 spiro atoms. The normalized spacial score (nSPS) is 10.2. The van der Waals surface area contributed by atoms with E-state index in [2.05, 4.69) is 5.32 Å². The molecule has 98 valence electrons. The third-order valence-corrected chi connectivity index (χ3v) is 2.82. The van der Waals surface area contributed by atoms with Crippen LogP contribution < -0.4 is 5.32 Å². The molecule has 2 aromatic rings. The van der Waals surface area contributed by atoms with Crippen LogP contribution in [0.5, 0.6) is 0 Å². The van der Waals surface area contributed by atoms with Crippen molar-refractivity contribution in [3.05, 3.63) is 65.0 Å². The number of anilines is 1. The number of hydrogen-bond acceptors (Lipinski definition) is 2. The number of nitrogens with one attached hydrogen (secondary N) is 1. The number of carbonyl (C=O) groups is 1. The fourth-order valence-corrected chi connectivity index (χ4v) is 1.69. The Hall–Kier alpha value is -2.36. The van der Waals surface area contributed by atoms with Crippen molar-refractivity contribution >= 4 is 11.7 Å². The summed E-state index contributed by atoms with van der Waals surface area (Å²) in [4.78, 5) is 10.7. The minimum atomic E-state index is -1.14. The van der Waals surface area contributed by atoms with E-state index < -0.39 is 11.8 Å². The Labute approximate surface area is 110 Å². The van der Waals surface area contributed by atoms with Gasteiger partial charge in [0.25, 0.3) is 0 Å². The lowest BCUT2D eigenvalue weighted by Gasteiger charge is -2.08. The Balaban J connectivity index is 2.07. The molecule has 2 rings (SSSR count). The van der Waals surface area contributed by atoms with E-state index in [1.54, 1.807) is 0 Å². The molecule has 19 heavy (non-hydrogen) atoms. The van der Waals surface area contributed by atoms with Crippen LogP contribution >= 0.6 is 0 Å². The van der Waals surface area contributed by atoms with E-state index in [1.807, 2.05) is 31.2 Å². The molecule has 0 amide bonds. The molecule has 0 heterocycles. The van der Waals surface area contributed by atoms with Crippen molar-refractivity contribution < 1.29 is 14.3 Å². The standard InChI is InChI=1S/C15H14FNO2/c1-10-2-4-11(5-3-10)9-17-14-7-6-12(15(18)19)8-13(14)16/h2-8,17H,9H2,1H3,(H,18,19). The Morgan fingerprint density at radius 2 is 1.89 bits per heavy atom. The number of carboxylic acids is 1. The number of halogens is 1. The Bertz CT molecular complexity index is 594. The van der Waals surface area contributed by atoms with E-state index in [1.165, 1.54) is 17.7 Å². The van der Waals surface area contributed by atoms with Crippen LogP contribution in [0.2, 0.25) is 0 Å². The second-order valence-electron chi connectivity index (χ2n) is 4.34. The van der Waals surface area contributed by atoms with Crippen LogP contribution in [0.3, 0.4) is 0 Å². The predicted octanol–water partition coefficient (Wildman–Crippen LogP) is 3.44. The molecule has 0 aliphatic carbocycles. The van der Waals surface area contributed by atoms with Crippen LogP contribution in [0, 0.1) is 12.7 Å². The quantitative estimate of drug-likeness (QED) is 0.884. The monoisotopic (exact) mass is 259 g/mol. The molecule has 0 aromatic heterocycles. The molecule has 4 heteroatoms. The highest BCUT2D eigenvalue weighted by molar-refractivity contribution is 5.88. The van der Waals surface area contributed by atoms with Crippen LogP contribution in [-0.2, 0) is 6.54 Å². The van der Waals surface area contributed by atoms with Gasteiger partial charge in [-0.1, -0.05) is 29.8 Å². The highest BCUT2D eigenvalue weighted by atomic mass is 19.1. The Kier molecular flexibility index (Phi) is 3.80. The van der Waals surface area contributed by atoms with Crippen LogP contribution in [0.4, 0.5) is 10.1 Å². The minimum Gasteiger partial charge on any atom is -0.478 e. The van der Waals surface area contributed by atoms with Gasteiger partial charge in [-0.3, -0.25) is 0 Å². The molecule has 0 fully saturated rings. The maximum absolute atomic E-state index is 13.7. The summed E-state index contributed by atoms with van der Waals surface area (Å²) in [6, 6.07) is 11.7. The van der Waals surface area contributed by atoms with Crippen molar-refractivity contribution in [3.63, 3.8) is 0 Å². The van der Waals surface area contributed by atoms with Gasteiger partial charge in [0.15, 0.2) is 0 Å². The molecule has 0 saturated carbocycles. The maximum Gasteiger partial charge on any atom is 0.335 e. The van der Waals surface area contributed by atoms with Gasteiger partial charge in [0.2, 0.25) is 0 Å². The van der Waals surface area contributed by atoms with E-state index in [4.69, 9.17) is 5.11 Å². The van der Waals surface area contributed by atoms with Crippen LogP contribution in [0.1, 0.15) is 21.5 Å². The molecule has 0 unspecified atom stereocenters. The van der Waals surface area contributed by atoms with Gasteiger partial charge in [-0.2, -0.15) is 0 Å². The fraction of sp³-hybridized carbons (Fsp3) is 0.133. The highest BCUT2D eigenvalue weighted by Crippen LogP contribution is 2.17. The van der Waals surface area contributed by atoms with Crippen molar-refractivity contribution in [2.24, 2.45) is 0 Å². The first kappa shape index (κ1) is 13.1. The lowest BCUT2D eigenvalue weighted by molar-refractivity contribution is 0.0696. The summed E-state index contributed by atoms with van der Waals surface area (Å²) < 4.78 is 13.7.